The lowest BCUT2D eigenvalue weighted by Gasteiger charge is -2.20. The summed E-state index contributed by atoms with van der Waals surface area (Å²) in [5.41, 5.74) is -1.19. The Bertz CT molecular complexity index is 550. The third kappa shape index (κ3) is 6.87. The van der Waals surface area contributed by atoms with E-state index in [0.717, 1.165) is 4.68 Å². The fourth-order valence-electron chi connectivity index (χ4n) is 1.28. The molecule has 8 heteroatoms. The molecule has 0 bridgehead atoms. The maximum absolute atomic E-state index is 11.8. The van der Waals surface area contributed by atoms with Crippen molar-refractivity contribution in [3.05, 3.63) is 18.5 Å². The number of aromatic nitrogens is 2. The zero-order chi connectivity index (χ0) is 17.0. The molecule has 1 N–H and O–H groups in total. The van der Waals surface area contributed by atoms with E-state index in [4.69, 9.17) is 9.47 Å². The Hall–Kier alpha value is -2.38. The molecule has 1 aromatic rings. The van der Waals surface area contributed by atoms with Crippen LogP contribution in [0.25, 0.3) is 0 Å². The summed E-state index contributed by atoms with van der Waals surface area (Å²) in [4.78, 5) is 27.2. The lowest BCUT2D eigenvalue weighted by molar-refractivity contribution is 0.0600. The van der Waals surface area contributed by atoms with E-state index in [1.807, 2.05) is 0 Å². The summed E-state index contributed by atoms with van der Waals surface area (Å²) in [6, 6.07) is 1.32. The molecule has 0 fully saturated rings. The van der Waals surface area contributed by atoms with Crippen molar-refractivity contribution in [2.75, 3.05) is 0 Å². The summed E-state index contributed by atoms with van der Waals surface area (Å²) in [6.07, 6.45) is 1.34. The van der Waals surface area contributed by atoms with Gasteiger partial charge in [0.15, 0.2) is 0 Å². The molecule has 22 heavy (non-hydrogen) atoms. The van der Waals surface area contributed by atoms with Crippen LogP contribution in [0, 0.1) is 0 Å². The van der Waals surface area contributed by atoms with Crippen LogP contribution in [-0.2, 0) is 9.47 Å². The summed E-state index contributed by atoms with van der Waals surface area (Å²) in [5, 5.41) is 6.49. The van der Waals surface area contributed by atoms with Gasteiger partial charge < -0.3 is 14.8 Å². The summed E-state index contributed by atoms with van der Waals surface area (Å²) in [6.45, 7) is 10.5. The first-order chi connectivity index (χ1) is 9.96. The Balaban J connectivity index is 2.91. The van der Waals surface area contributed by atoms with Crippen LogP contribution < -0.4 is 5.32 Å². The van der Waals surface area contributed by atoms with Gasteiger partial charge in [-0.25, -0.2) is 9.59 Å². The second-order valence-corrected chi connectivity index (χ2v) is 6.59. The molecule has 0 aliphatic rings. The third-order valence-corrected chi connectivity index (χ3v) is 1.94. The summed E-state index contributed by atoms with van der Waals surface area (Å²) < 4.78 is 11.3. The zero-order valence-electron chi connectivity index (χ0n) is 13.7. The Morgan fingerprint density at radius 2 is 1.82 bits per heavy atom. The second-order valence-electron chi connectivity index (χ2n) is 6.59. The van der Waals surface area contributed by atoms with E-state index < -0.39 is 23.3 Å². The largest absolute Gasteiger partial charge is 0.442 e. The predicted octanol–water partition coefficient (Wildman–Crippen LogP) is 2.55. The van der Waals surface area contributed by atoms with Gasteiger partial charge in [-0.3, -0.25) is 0 Å². The Morgan fingerprint density at radius 1 is 1.18 bits per heavy atom. The molecule has 0 aliphatic carbocycles. The molecule has 0 atom stereocenters. The highest BCUT2D eigenvalue weighted by Crippen LogP contribution is 2.08. The Labute approximate surface area is 129 Å². The van der Waals surface area contributed by atoms with Crippen molar-refractivity contribution in [1.82, 2.24) is 15.1 Å². The molecule has 2 amide bonds. The number of alkyl carbamates (subject to hydrolysis) is 1. The van der Waals surface area contributed by atoms with E-state index in [1.165, 1.54) is 12.4 Å². The number of carbonyl (C=O) groups is 2. The van der Waals surface area contributed by atoms with Gasteiger partial charge in [0.05, 0.1) is 0 Å². The number of rotatable bonds is 0. The van der Waals surface area contributed by atoms with Crippen molar-refractivity contribution in [2.45, 2.75) is 52.7 Å². The highest BCUT2D eigenvalue weighted by atomic mass is 16.6. The number of carbonyl (C=O) groups excluding carboxylic acids is 2. The Morgan fingerprint density at radius 3 is 2.27 bits per heavy atom. The molecule has 0 spiro atoms. The van der Waals surface area contributed by atoms with Gasteiger partial charge in [-0.15, -0.1) is 4.99 Å². The van der Waals surface area contributed by atoms with Crippen molar-refractivity contribution in [3.63, 3.8) is 0 Å². The van der Waals surface area contributed by atoms with E-state index in [2.05, 4.69) is 15.4 Å². The lowest BCUT2D eigenvalue weighted by Crippen LogP contribution is -2.42. The fourth-order valence-corrected chi connectivity index (χ4v) is 1.28. The van der Waals surface area contributed by atoms with Crippen LogP contribution in [-0.4, -0.2) is 39.1 Å². The van der Waals surface area contributed by atoms with E-state index in [1.54, 1.807) is 47.6 Å². The van der Waals surface area contributed by atoms with E-state index in [-0.39, 0.29) is 6.02 Å². The zero-order valence-corrected chi connectivity index (χ0v) is 13.7. The molecule has 0 aliphatic heterocycles. The maximum atomic E-state index is 11.8. The monoisotopic (exact) mass is 310 g/mol. The SMILES string of the molecule is CC(C)(C)NC(=O)O/C(=N\C(=O)OC(C)(C)C)n1cccn1. The molecule has 1 aromatic heterocycles. The van der Waals surface area contributed by atoms with Crippen molar-refractivity contribution < 1.29 is 19.1 Å². The molecule has 1 rings (SSSR count). The minimum Gasteiger partial charge on any atom is -0.442 e. The summed E-state index contributed by atoms with van der Waals surface area (Å²) >= 11 is 0. The van der Waals surface area contributed by atoms with Gasteiger partial charge >= 0.3 is 18.2 Å². The van der Waals surface area contributed by atoms with Crippen LogP contribution in [0.2, 0.25) is 0 Å². The van der Waals surface area contributed by atoms with Crippen molar-refractivity contribution in [1.29, 1.82) is 0 Å². The first-order valence-corrected chi connectivity index (χ1v) is 6.78. The van der Waals surface area contributed by atoms with Crippen molar-refractivity contribution in [2.24, 2.45) is 4.99 Å². The van der Waals surface area contributed by atoms with Crippen LogP contribution in [0.15, 0.2) is 23.5 Å². The standard InChI is InChI=1S/C14H22N4O4/c1-13(2,3)17-12(20)21-10(18-9-7-8-15-18)16-11(19)22-14(4,5)6/h7-9H,1-6H3,(H,17,20)/b16-10-. The number of nitrogens with one attached hydrogen (secondary N) is 1. The van der Waals surface area contributed by atoms with Gasteiger partial charge in [0.1, 0.15) is 5.60 Å². The first kappa shape index (κ1) is 17.7. The predicted molar refractivity (Wildman–Crippen MR) is 80.7 cm³/mol. The van der Waals surface area contributed by atoms with Crippen LogP contribution in [0.4, 0.5) is 9.59 Å². The van der Waals surface area contributed by atoms with Crippen LogP contribution in [0.3, 0.4) is 0 Å². The fraction of sp³-hybridized carbons (Fsp3) is 0.571. The molecule has 0 aromatic carbocycles. The third-order valence-electron chi connectivity index (χ3n) is 1.94. The van der Waals surface area contributed by atoms with Crippen molar-refractivity contribution >= 4 is 18.2 Å². The minimum absolute atomic E-state index is 0.291. The number of aliphatic imine (C=N–C) groups is 1. The van der Waals surface area contributed by atoms with Gasteiger partial charge in [-0.05, 0) is 47.6 Å². The van der Waals surface area contributed by atoms with Crippen LogP contribution in [0.5, 0.6) is 0 Å². The Kier molecular flexibility index (Phi) is 5.29. The minimum atomic E-state index is -0.874. The van der Waals surface area contributed by atoms with Gasteiger partial charge in [0, 0.05) is 17.9 Å². The molecule has 8 nitrogen and oxygen atoms in total. The summed E-state index contributed by atoms with van der Waals surface area (Å²) in [5.74, 6) is 0. The van der Waals surface area contributed by atoms with E-state index >= 15 is 0 Å². The topological polar surface area (TPSA) is 94.8 Å². The molecular formula is C14H22N4O4. The maximum Gasteiger partial charge on any atom is 0.438 e. The van der Waals surface area contributed by atoms with Crippen LogP contribution >= 0.6 is 0 Å². The smallest absolute Gasteiger partial charge is 0.438 e. The normalized spacial score (nSPS) is 12.7. The number of amides is 2. The highest BCUT2D eigenvalue weighted by molar-refractivity contribution is 5.93. The number of nitrogens with zero attached hydrogens (tertiary/aromatic N) is 3. The van der Waals surface area contributed by atoms with E-state index in [0.29, 0.717) is 0 Å². The highest BCUT2D eigenvalue weighted by Gasteiger charge is 2.21. The number of hydrogen-bond donors (Lipinski definition) is 1. The molecular weight excluding hydrogens is 288 g/mol. The van der Waals surface area contributed by atoms with Gasteiger partial charge in [-0.1, -0.05) is 0 Å². The second kappa shape index (κ2) is 6.59. The lowest BCUT2D eigenvalue weighted by atomic mass is 10.1. The van der Waals surface area contributed by atoms with Crippen LogP contribution in [0.1, 0.15) is 41.5 Å². The molecule has 122 valence electrons. The molecule has 1 heterocycles. The average molecular weight is 310 g/mol. The van der Waals surface area contributed by atoms with Gasteiger partial charge in [0.25, 0.3) is 0 Å². The van der Waals surface area contributed by atoms with Gasteiger partial charge in [0.2, 0.25) is 0 Å². The number of ether oxygens (including phenoxy) is 2. The molecule has 0 unspecified atom stereocenters. The van der Waals surface area contributed by atoms with Gasteiger partial charge in [-0.2, -0.15) is 9.78 Å². The number of hydrogen-bond acceptors (Lipinski definition) is 5. The summed E-state index contributed by atoms with van der Waals surface area (Å²) in [7, 11) is 0. The van der Waals surface area contributed by atoms with Crippen molar-refractivity contribution in [3.8, 4) is 0 Å². The molecule has 0 radical (unpaired) electrons. The molecule has 0 saturated heterocycles. The quantitative estimate of drug-likeness (QED) is 0.587. The first-order valence-electron chi connectivity index (χ1n) is 6.78. The average Bonchev–Trinajstić information content (AvgIpc) is 2.75. The van der Waals surface area contributed by atoms with E-state index in [9.17, 15) is 9.59 Å². The molecule has 0 saturated carbocycles.